The van der Waals surface area contributed by atoms with Gasteiger partial charge in [-0.3, -0.25) is 0 Å². The first kappa shape index (κ1) is 18.3. The van der Waals surface area contributed by atoms with Gasteiger partial charge in [0.2, 0.25) is 0 Å². The minimum Gasteiger partial charge on any atom is -0.465 e. The van der Waals surface area contributed by atoms with Crippen LogP contribution in [0.15, 0.2) is 40.3 Å². The summed E-state index contributed by atoms with van der Waals surface area (Å²) < 4.78 is 29.4. The van der Waals surface area contributed by atoms with Crippen molar-refractivity contribution in [2.45, 2.75) is 24.7 Å². The fourth-order valence-corrected chi connectivity index (χ4v) is 3.66. The van der Waals surface area contributed by atoms with Crippen LogP contribution in [0.5, 0.6) is 0 Å². The molecule has 2 aromatic rings. The molecular weight excluding hydrogens is 378 g/mol. The van der Waals surface area contributed by atoms with Crippen LogP contribution >= 0.6 is 11.6 Å². The van der Waals surface area contributed by atoms with Gasteiger partial charge in [-0.25, -0.2) is 9.78 Å². The molecule has 1 N–H and O–H groups in total. The van der Waals surface area contributed by atoms with Crippen molar-refractivity contribution in [1.29, 1.82) is 0 Å². The van der Waals surface area contributed by atoms with Crippen molar-refractivity contribution < 1.29 is 17.9 Å². The average molecular weight is 394 g/mol. The maximum Gasteiger partial charge on any atom is 0.341 e. The topological polar surface area (TPSA) is 97.7 Å². The van der Waals surface area contributed by atoms with Gasteiger partial charge in [-0.05, 0) is 38.0 Å². The molecule has 9 heteroatoms. The van der Waals surface area contributed by atoms with Crippen LogP contribution in [0.1, 0.15) is 33.6 Å². The van der Waals surface area contributed by atoms with Crippen LogP contribution in [0.25, 0.3) is 0 Å². The summed E-state index contributed by atoms with van der Waals surface area (Å²) in [6.45, 7) is 1.87. The third-order valence-corrected chi connectivity index (χ3v) is 5.51. The Morgan fingerprint density at radius 1 is 1.27 bits per heavy atom. The number of nitrogens with zero attached hydrogens (tertiary/aromatic N) is 2. The highest BCUT2D eigenvalue weighted by Gasteiger charge is 2.25. The lowest BCUT2D eigenvalue weighted by atomic mass is 10.1. The van der Waals surface area contributed by atoms with E-state index in [1.54, 1.807) is 12.1 Å². The maximum atomic E-state index is 12.4. The summed E-state index contributed by atoms with van der Waals surface area (Å²) in [4.78, 5) is 18.3. The van der Waals surface area contributed by atoms with Crippen molar-refractivity contribution in [3.05, 3.63) is 57.9 Å². The first-order valence-corrected chi connectivity index (χ1v) is 9.61. The number of rotatable bonds is 4. The van der Waals surface area contributed by atoms with Crippen LogP contribution in [0.4, 0.5) is 0 Å². The molecule has 0 fully saturated rings. The number of carbonyl (C=O) groups excluding carboxylic acids is 1. The van der Waals surface area contributed by atoms with E-state index in [2.05, 4.69) is 19.7 Å². The van der Waals surface area contributed by atoms with Gasteiger partial charge in [-0.1, -0.05) is 29.3 Å². The Bertz CT molecular complexity index is 1000. The van der Waals surface area contributed by atoms with Gasteiger partial charge in [0.1, 0.15) is 5.15 Å². The molecule has 0 aliphatic heterocycles. The summed E-state index contributed by atoms with van der Waals surface area (Å²) in [6.07, 6.45) is 1.04. The van der Waals surface area contributed by atoms with Gasteiger partial charge in [0.15, 0.2) is 0 Å². The smallest absolute Gasteiger partial charge is 0.341 e. The van der Waals surface area contributed by atoms with Crippen molar-refractivity contribution in [2.75, 3.05) is 7.11 Å². The number of esters is 1. The SMILES string of the molecule is COC(=O)c1cc2c(nc1Cl)CC/C2=N\NS(=O)(=O)c1ccc(C)cc1. The van der Waals surface area contributed by atoms with Gasteiger partial charge in [0.05, 0.1) is 29.0 Å². The van der Waals surface area contributed by atoms with E-state index in [4.69, 9.17) is 11.6 Å². The van der Waals surface area contributed by atoms with Gasteiger partial charge in [0, 0.05) is 5.56 Å². The van der Waals surface area contributed by atoms with Crippen LogP contribution in [-0.2, 0) is 21.2 Å². The Morgan fingerprint density at radius 3 is 2.62 bits per heavy atom. The number of aromatic nitrogens is 1. The third kappa shape index (κ3) is 3.56. The molecular formula is C17H16ClN3O4S. The molecule has 0 amide bonds. The number of fused-ring (bicyclic) bond motifs is 1. The molecule has 0 unspecified atom stereocenters. The quantitative estimate of drug-likeness (QED) is 0.488. The van der Waals surface area contributed by atoms with Gasteiger partial charge < -0.3 is 4.74 Å². The lowest BCUT2D eigenvalue weighted by Crippen LogP contribution is -2.20. The second-order valence-electron chi connectivity index (χ2n) is 5.78. The highest BCUT2D eigenvalue weighted by Crippen LogP contribution is 2.26. The van der Waals surface area contributed by atoms with E-state index in [0.717, 1.165) is 5.56 Å². The molecule has 0 atom stereocenters. The van der Waals surface area contributed by atoms with Crippen molar-refractivity contribution in [3.63, 3.8) is 0 Å². The molecule has 0 saturated heterocycles. The summed E-state index contributed by atoms with van der Waals surface area (Å²) in [5.41, 5.74) is 2.81. The fraction of sp³-hybridized carbons (Fsp3) is 0.235. The highest BCUT2D eigenvalue weighted by molar-refractivity contribution is 7.89. The predicted molar refractivity (Wildman–Crippen MR) is 96.9 cm³/mol. The number of hydrogen-bond donors (Lipinski definition) is 1. The normalized spacial score (nSPS) is 15.0. The van der Waals surface area contributed by atoms with Crippen molar-refractivity contribution in [3.8, 4) is 0 Å². The number of halogens is 1. The molecule has 26 heavy (non-hydrogen) atoms. The number of hydrogen-bond acceptors (Lipinski definition) is 6. The number of methoxy groups -OCH3 is 1. The first-order valence-electron chi connectivity index (χ1n) is 7.75. The summed E-state index contributed by atoms with van der Waals surface area (Å²) in [6, 6.07) is 7.97. The van der Waals surface area contributed by atoms with Gasteiger partial charge in [-0.15, -0.1) is 0 Å². The van der Waals surface area contributed by atoms with Gasteiger partial charge in [0.25, 0.3) is 10.0 Å². The third-order valence-electron chi connectivity index (χ3n) is 4.00. The molecule has 7 nitrogen and oxygen atoms in total. The zero-order chi connectivity index (χ0) is 18.9. The van der Waals surface area contributed by atoms with Crippen molar-refractivity contribution in [1.82, 2.24) is 9.82 Å². The molecule has 0 bridgehead atoms. The van der Waals surface area contributed by atoms with E-state index in [1.807, 2.05) is 6.92 Å². The number of carbonyl (C=O) groups is 1. The van der Waals surface area contributed by atoms with Crippen LogP contribution < -0.4 is 4.83 Å². The Labute approximate surface area is 156 Å². The number of benzene rings is 1. The minimum absolute atomic E-state index is 0.0529. The van der Waals surface area contributed by atoms with Gasteiger partial charge in [-0.2, -0.15) is 18.4 Å². The van der Waals surface area contributed by atoms with Crippen LogP contribution in [-0.4, -0.2) is 32.2 Å². The molecule has 136 valence electrons. The summed E-state index contributed by atoms with van der Waals surface area (Å²) in [5.74, 6) is -0.614. The molecule has 1 aromatic carbocycles. The minimum atomic E-state index is -3.78. The van der Waals surface area contributed by atoms with Crippen molar-refractivity contribution in [2.24, 2.45) is 5.10 Å². The van der Waals surface area contributed by atoms with E-state index in [0.29, 0.717) is 29.8 Å². The van der Waals surface area contributed by atoms with E-state index in [1.165, 1.54) is 25.3 Å². The van der Waals surface area contributed by atoms with Crippen LogP contribution in [0.3, 0.4) is 0 Å². The fourth-order valence-electron chi connectivity index (χ4n) is 2.59. The number of hydrazone groups is 1. The number of sulfonamides is 1. The highest BCUT2D eigenvalue weighted by atomic mass is 35.5. The van der Waals surface area contributed by atoms with Crippen molar-refractivity contribution >= 4 is 33.3 Å². The lowest BCUT2D eigenvalue weighted by molar-refractivity contribution is 0.0600. The number of pyridine rings is 1. The second-order valence-corrected chi connectivity index (χ2v) is 7.80. The Hall–Kier alpha value is -2.45. The Morgan fingerprint density at radius 2 is 1.96 bits per heavy atom. The second kappa shape index (κ2) is 7.05. The van der Waals surface area contributed by atoms with Crippen LogP contribution in [0, 0.1) is 6.92 Å². The molecule has 3 rings (SSSR count). The summed E-state index contributed by atoms with van der Waals surface area (Å²) in [7, 11) is -2.54. The Kier molecular flexibility index (Phi) is 4.97. The summed E-state index contributed by atoms with van der Waals surface area (Å²) >= 11 is 6.01. The largest absolute Gasteiger partial charge is 0.465 e. The van der Waals surface area contributed by atoms with E-state index < -0.39 is 16.0 Å². The standard InChI is InChI=1S/C17H16ClN3O4S/c1-10-3-5-11(6-4-10)26(23,24)21-20-15-8-7-14-12(15)9-13(16(18)19-14)17(22)25-2/h3-6,9,21H,7-8H2,1-2H3/b20-15+. The predicted octanol–water partition coefficient (Wildman–Crippen LogP) is 2.46. The number of nitrogens with one attached hydrogen (secondary N) is 1. The summed E-state index contributed by atoms with van der Waals surface area (Å²) in [5, 5.41) is 4.09. The lowest BCUT2D eigenvalue weighted by Gasteiger charge is -2.07. The molecule has 0 radical (unpaired) electrons. The zero-order valence-corrected chi connectivity index (χ0v) is 15.7. The van der Waals surface area contributed by atoms with Gasteiger partial charge >= 0.3 is 5.97 Å². The number of aryl methyl sites for hydroxylation is 2. The molecule has 1 aliphatic carbocycles. The van der Waals surface area contributed by atoms with E-state index >= 15 is 0 Å². The molecule has 1 heterocycles. The maximum absolute atomic E-state index is 12.4. The van der Waals surface area contributed by atoms with E-state index in [9.17, 15) is 13.2 Å². The van der Waals surface area contributed by atoms with Crippen LogP contribution in [0.2, 0.25) is 5.15 Å². The molecule has 1 aliphatic rings. The average Bonchev–Trinajstić information content (AvgIpc) is 3.01. The van der Waals surface area contributed by atoms with E-state index in [-0.39, 0.29) is 15.6 Å². The first-order chi connectivity index (χ1) is 12.3. The molecule has 0 saturated carbocycles. The zero-order valence-electron chi connectivity index (χ0n) is 14.1. The number of ether oxygens (including phenoxy) is 1. The Balaban J connectivity index is 1.91. The monoisotopic (exact) mass is 393 g/mol. The molecule has 0 spiro atoms. The molecule has 1 aromatic heterocycles.